The van der Waals surface area contributed by atoms with Gasteiger partial charge in [0.15, 0.2) is 0 Å². The minimum atomic E-state index is -0.467. The highest BCUT2D eigenvalue weighted by Crippen LogP contribution is 2.82. The van der Waals surface area contributed by atoms with Crippen LogP contribution in [0, 0.1) is 28.1 Å². The van der Waals surface area contributed by atoms with Gasteiger partial charge in [-0.05, 0) is 104 Å². The molecule has 4 fully saturated rings. The fourth-order valence-corrected chi connectivity index (χ4v) is 7.82. The van der Waals surface area contributed by atoms with Crippen LogP contribution in [0.15, 0.2) is 48.5 Å². The van der Waals surface area contributed by atoms with Gasteiger partial charge in [-0.15, -0.1) is 0 Å². The van der Waals surface area contributed by atoms with E-state index in [9.17, 15) is 9.59 Å². The zero-order valence-electron chi connectivity index (χ0n) is 17.1. The van der Waals surface area contributed by atoms with Crippen molar-refractivity contribution >= 4 is 46.4 Å². The third-order valence-corrected chi connectivity index (χ3v) is 9.15. The summed E-state index contributed by atoms with van der Waals surface area (Å²) in [6.07, 6.45) is 5.44. The Morgan fingerprint density at radius 3 is 1.55 bits per heavy atom. The monoisotopic (exact) mass is 454 g/mol. The van der Waals surface area contributed by atoms with Crippen LogP contribution in [0.5, 0.6) is 0 Å². The molecule has 4 unspecified atom stereocenters. The summed E-state index contributed by atoms with van der Waals surface area (Å²) in [6, 6.07) is 14.5. The van der Waals surface area contributed by atoms with Crippen LogP contribution in [0.25, 0.3) is 0 Å². The van der Waals surface area contributed by atoms with Crippen molar-refractivity contribution in [1.82, 2.24) is 0 Å². The van der Waals surface area contributed by atoms with E-state index in [0.717, 1.165) is 43.5 Å². The molecule has 6 heteroatoms. The third-order valence-electron chi connectivity index (χ3n) is 8.65. The van der Waals surface area contributed by atoms with E-state index in [4.69, 9.17) is 23.2 Å². The Hall–Kier alpha value is -2.04. The molecule has 0 aromatic heterocycles. The van der Waals surface area contributed by atoms with Crippen LogP contribution in [0.1, 0.15) is 38.5 Å². The highest BCUT2D eigenvalue weighted by atomic mass is 35.5. The van der Waals surface area contributed by atoms with Crippen molar-refractivity contribution in [1.29, 1.82) is 0 Å². The number of amides is 2. The van der Waals surface area contributed by atoms with E-state index < -0.39 is 10.8 Å². The predicted octanol–water partition coefficient (Wildman–Crippen LogP) is 6.16. The van der Waals surface area contributed by atoms with Gasteiger partial charge >= 0.3 is 0 Å². The van der Waals surface area contributed by atoms with Gasteiger partial charge in [-0.2, -0.15) is 0 Å². The second kappa shape index (κ2) is 6.49. The Kier molecular flexibility index (Phi) is 4.11. The van der Waals surface area contributed by atoms with Gasteiger partial charge in [0.05, 0.1) is 10.8 Å². The van der Waals surface area contributed by atoms with E-state index in [1.807, 2.05) is 24.3 Å². The predicted molar refractivity (Wildman–Crippen MR) is 122 cm³/mol. The molecule has 6 rings (SSSR count). The van der Waals surface area contributed by atoms with Gasteiger partial charge in [-0.25, -0.2) is 0 Å². The van der Waals surface area contributed by atoms with Crippen LogP contribution in [0.2, 0.25) is 10.0 Å². The standard InChI is InChI=1S/C25H24Cl2N2O2/c26-17-1-5-19(6-2-17)28-21(30)23-10-15-9-16-11-24(12-23,14-25(15,16)13-23)22(31)29-20-7-3-18(27)4-8-20/h1-8,15-16H,9-14H2,(H,28,30)(H,29,31). The van der Waals surface area contributed by atoms with Crippen molar-refractivity contribution in [3.63, 3.8) is 0 Å². The highest BCUT2D eigenvalue weighted by molar-refractivity contribution is 6.31. The molecule has 0 heterocycles. The Bertz CT molecular complexity index is 998. The summed E-state index contributed by atoms with van der Waals surface area (Å²) in [5.74, 6) is 1.27. The first-order valence-corrected chi connectivity index (χ1v) is 11.7. The molecule has 2 aromatic carbocycles. The molecule has 1 spiro atoms. The Labute approximate surface area is 191 Å². The second-order valence-corrected chi connectivity index (χ2v) is 11.2. The van der Waals surface area contributed by atoms with Crippen molar-refractivity contribution < 1.29 is 9.59 Å². The fraction of sp³-hybridized carbons (Fsp3) is 0.440. The number of halogens is 2. The van der Waals surface area contributed by atoms with Gasteiger partial charge in [0.25, 0.3) is 0 Å². The first kappa shape index (κ1) is 19.6. The highest BCUT2D eigenvalue weighted by Gasteiger charge is 2.77. The molecule has 4 nitrogen and oxygen atoms in total. The number of anilines is 2. The zero-order chi connectivity index (χ0) is 21.4. The maximum atomic E-state index is 13.6. The summed E-state index contributed by atoms with van der Waals surface area (Å²) in [7, 11) is 0. The number of rotatable bonds is 4. The smallest absolute Gasteiger partial charge is 0.230 e. The number of carbonyl (C=O) groups is 2. The topological polar surface area (TPSA) is 58.2 Å². The lowest BCUT2D eigenvalue weighted by atomic mass is 9.55. The van der Waals surface area contributed by atoms with E-state index in [1.54, 1.807) is 24.3 Å². The number of carbonyl (C=O) groups excluding carboxylic acids is 2. The molecule has 0 aliphatic heterocycles. The average Bonchev–Trinajstić information content (AvgIpc) is 3.05. The van der Waals surface area contributed by atoms with Crippen molar-refractivity contribution in [3.8, 4) is 0 Å². The van der Waals surface area contributed by atoms with Gasteiger partial charge in [0, 0.05) is 21.4 Å². The van der Waals surface area contributed by atoms with E-state index in [2.05, 4.69) is 10.6 Å². The molecular weight excluding hydrogens is 431 g/mol. The summed E-state index contributed by atoms with van der Waals surface area (Å²) >= 11 is 12.0. The summed E-state index contributed by atoms with van der Waals surface area (Å²) in [5.41, 5.74) is 0.757. The molecule has 4 aliphatic carbocycles. The molecule has 3 bridgehead atoms. The van der Waals surface area contributed by atoms with Crippen molar-refractivity contribution in [2.24, 2.45) is 28.1 Å². The van der Waals surface area contributed by atoms with Gasteiger partial charge in [0.2, 0.25) is 11.8 Å². The summed E-state index contributed by atoms with van der Waals surface area (Å²) in [6.45, 7) is 0. The normalized spacial score (nSPS) is 36.6. The molecule has 160 valence electrons. The van der Waals surface area contributed by atoms with E-state index in [1.165, 1.54) is 0 Å². The molecule has 4 atom stereocenters. The quantitative estimate of drug-likeness (QED) is 0.581. The van der Waals surface area contributed by atoms with Gasteiger partial charge in [-0.3, -0.25) is 9.59 Å². The number of nitrogens with one attached hydrogen (secondary N) is 2. The first-order valence-electron chi connectivity index (χ1n) is 11.0. The van der Waals surface area contributed by atoms with E-state index in [-0.39, 0.29) is 17.2 Å². The van der Waals surface area contributed by atoms with E-state index >= 15 is 0 Å². The summed E-state index contributed by atoms with van der Waals surface area (Å²) in [4.78, 5) is 27.2. The number of fused-ring (bicyclic) bond motifs is 2. The van der Waals surface area contributed by atoms with Crippen molar-refractivity contribution in [2.75, 3.05) is 10.6 Å². The fourth-order valence-electron chi connectivity index (χ4n) is 7.56. The molecule has 4 aliphatic rings. The van der Waals surface area contributed by atoms with Crippen molar-refractivity contribution in [2.45, 2.75) is 38.5 Å². The largest absolute Gasteiger partial charge is 0.326 e. The lowest BCUT2D eigenvalue weighted by Crippen LogP contribution is -2.47. The zero-order valence-corrected chi connectivity index (χ0v) is 18.6. The molecule has 2 aromatic rings. The minimum absolute atomic E-state index is 0.0626. The Balaban J connectivity index is 1.29. The lowest BCUT2D eigenvalue weighted by Gasteiger charge is -2.49. The average molecular weight is 455 g/mol. The molecule has 0 saturated heterocycles. The van der Waals surface area contributed by atoms with Crippen LogP contribution < -0.4 is 10.6 Å². The van der Waals surface area contributed by atoms with Crippen molar-refractivity contribution in [3.05, 3.63) is 58.6 Å². The third kappa shape index (κ3) is 2.81. The van der Waals surface area contributed by atoms with Crippen LogP contribution in [-0.2, 0) is 9.59 Å². The lowest BCUT2D eigenvalue weighted by molar-refractivity contribution is -0.135. The molecule has 2 amide bonds. The van der Waals surface area contributed by atoms with Gasteiger partial charge < -0.3 is 10.6 Å². The summed E-state index contributed by atoms with van der Waals surface area (Å²) in [5, 5.41) is 7.55. The van der Waals surface area contributed by atoms with Crippen LogP contribution in [0.4, 0.5) is 11.4 Å². The molecular formula is C25H24Cl2N2O2. The molecule has 2 N–H and O–H groups in total. The molecule has 4 saturated carbocycles. The maximum Gasteiger partial charge on any atom is 0.230 e. The minimum Gasteiger partial charge on any atom is -0.326 e. The maximum absolute atomic E-state index is 13.6. The number of benzene rings is 2. The summed E-state index contributed by atoms with van der Waals surface area (Å²) < 4.78 is 0. The molecule has 31 heavy (non-hydrogen) atoms. The number of hydrogen-bond acceptors (Lipinski definition) is 2. The van der Waals surface area contributed by atoms with Crippen LogP contribution in [0.3, 0.4) is 0 Å². The van der Waals surface area contributed by atoms with Crippen LogP contribution >= 0.6 is 23.2 Å². The second-order valence-electron chi connectivity index (χ2n) is 10.3. The van der Waals surface area contributed by atoms with Gasteiger partial charge in [-0.1, -0.05) is 23.2 Å². The molecule has 0 radical (unpaired) electrons. The number of hydrogen-bond donors (Lipinski definition) is 2. The van der Waals surface area contributed by atoms with Crippen LogP contribution in [-0.4, -0.2) is 11.8 Å². The van der Waals surface area contributed by atoms with E-state index in [0.29, 0.717) is 28.3 Å². The Morgan fingerprint density at radius 1 is 0.710 bits per heavy atom. The SMILES string of the molecule is O=C(Nc1ccc(Cl)cc1)C12CC3CC4CC(C(=O)Nc5ccc(Cl)cc5)(C1)CC34C2. The van der Waals surface area contributed by atoms with Gasteiger partial charge in [0.1, 0.15) is 0 Å². The Morgan fingerprint density at radius 2 is 1.13 bits per heavy atom. The first-order chi connectivity index (χ1) is 14.8.